The molecule has 1 unspecified atom stereocenters. The van der Waals surface area contributed by atoms with Gasteiger partial charge < -0.3 is 10.6 Å². The van der Waals surface area contributed by atoms with Gasteiger partial charge in [0, 0.05) is 6.54 Å². The molecule has 0 saturated carbocycles. The van der Waals surface area contributed by atoms with Gasteiger partial charge in [-0.1, -0.05) is 6.07 Å². The molecule has 6 heteroatoms. The summed E-state index contributed by atoms with van der Waals surface area (Å²) in [6.07, 6.45) is 3.78. The van der Waals surface area contributed by atoms with Crippen molar-refractivity contribution in [1.29, 1.82) is 0 Å². The van der Waals surface area contributed by atoms with Crippen molar-refractivity contribution < 1.29 is 9.18 Å². The number of piperidine rings is 1. The van der Waals surface area contributed by atoms with Crippen molar-refractivity contribution in [3.8, 4) is 0 Å². The van der Waals surface area contributed by atoms with E-state index in [0.717, 1.165) is 25.1 Å². The summed E-state index contributed by atoms with van der Waals surface area (Å²) < 4.78 is 13.5. The van der Waals surface area contributed by atoms with Gasteiger partial charge in [0.25, 0.3) is 0 Å². The minimum Gasteiger partial charge on any atom is -0.356 e. The Morgan fingerprint density at radius 2 is 2.29 bits per heavy atom. The maximum Gasteiger partial charge on any atom is 0.224 e. The van der Waals surface area contributed by atoms with Crippen molar-refractivity contribution in [2.45, 2.75) is 25.7 Å². The summed E-state index contributed by atoms with van der Waals surface area (Å²) in [6, 6.07) is 4.67. The molecule has 0 spiro atoms. The normalized spacial score (nSPS) is 17.9. The third-order valence-corrected chi connectivity index (χ3v) is 4.23. The number of carbonyl (C=O) groups excluding carboxylic acids is 1. The lowest BCUT2D eigenvalue weighted by atomic mass is 9.96. The van der Waals surface area contributed by atoms with E-state index in [-0.39, 0.29) is 24.1 Å². The summed E-state index contributed by atoms with van der Waals surface area (Å²) in [7, 11) is 0. The fraction of sp³-hybridized carbons (Fsp3) is 0.533. The van der Waals surface area contributed by atoms with Crippen LogP contribution in [-0.4, -0.2) is 25.5 Å². The van der Waals surface area contributed by atoms with Crippen molar-refractivity contribution in [2.24, 2.45) is 5.92 Å². The maximum absolute atomic E-state index is 13.1. The highest BCUT2D eigenvalue weighted by Crippen LogP contribution is 2.17. The number of amides is 1. The molecule has 1 saturated heterocycles. The highest BCUT2D eigenvalue weighted by molar-refractivity contribution is 9.10. The van der Waals surface area contributed by atoms with Crippen LogP contribution < -0.4 is 10.6 Å². The molecule has 1 fully saturated rings. The standard InChI is InChI=1S/C15H20BrFN2O.ClH/c16-13-8-12(3-4-14(13)17)9-15(20)19-7-5-11-2-1-6-18-10-11;/h3-4,8,11,18H,1-2,5-7,9-10H2,(H,19,20);1H. The molecule has 0 aromatic heterocycles. The van der Waals surface area contributed by atoms with E-state index in [1.165, 1.54) is 18.9 Å². The van der Waals surface area contributed by atoms with Crippen LogP contribution >= 0.6 is 28.3 Å². The van der Waals surface area contributed by atoms with Crippen molar-refractivity contribution in [3.05, 3.63) is 34.1 Å². The molecule has 1 aromatic carbocycles. The summed E-state index contributed by atoms with van der Waals surface area (Å²) >= 11 is 3.13. The van der Waals surface area contributed by atoms with E-state index in [1.807, 2.05) is 0 Å². The first-order chi connectivity index (χ1) is 9.65. The molecule has 1 aliphatic heterocycles. The molecule has 1 atom stereocenters. The zero-order chi connectivity index (χ0) is 14.4. The smallest absolute Gasteiger partial charge is 0.224 e. The van der Waals surface area contributed by atoms with Crippen LogP contribution in [0.15, 0.2) is 22.7 Å². The van der Waals surface area contributed by atoms with E-state index in [2.05, 4.69) is 26.6 Å². The van der Waals surface area contributed by atoms with Gasteiger partial charge >= 0.3 is 0 Å². The van der Waals surface area contributed by atoms with Gasteiger partial charge in [0.15, 0.2) is 0 Å². The predicted molar refractivity (Wildman–Crippen MR) is 88.3 cm³/mol. The molecule has 1 heterocycles. The van der Waals surface area contributed by atoms with Crippen LogP contribution in [0.4, 0.5) is 4.39 Å². The van der Waals surface area contributed by atoms with Crippen LogP contribution in [-0.2, 0) is 11.2 Å². The Labute approximate surface area is 139 Å². The molecule has 1 aliphatic rings. The van der Waals surface area contributed by atoms with E-state index in [0.29, 0.717) is 23.4 Å². The lowest BCUT2D eigenvalue weighted by Crippen LogP contribution is -2.33. The number of hydrogen-bond acceptors (Lipinski definition) is 2. The van der Waals surface area contributed by atoms with Gasteiger partial charge in [0.05, 0.1) is 10.9 Å². The van der Waals surface area contributed by atoms with Crippen LogP contribution in [0.1, 0.15) is 24.8 Å². The van der Waals surface area contributed by atoms with Gasteiger partial charge in [0.1, 0.15) is 5.82 Å². The Morgan fingerprint density at radius 1 is 1.48 bits per heavy atom. The van der Waals surface area contributed by atoms with E-state index < -0.39 is 0 Å². The summed E-state index contributed by atoms with van der Waals surface area (Å²) in [5.41, 5.74) is 0.815. The summed E-state index contributed by atoms with van der Waals surface area (Å²) in [4.78, 5) is 11.8. The first-order valence-corrected chi connectivity index (χ1v) is 7.86. The quantitative estimate of drug-likeness (QED) is 0.825. The summed E-state index contributed by atoms with van der Waals surface area (Å²) in [5, 5.41) is 6.31. The van der Waals surface area contributed by atoms with Crippen molar-refractivity contribution in [2.75, 3.05) is 19.6 Å². The van der Waals surface area contributed by atoms with Gasteiger partial charge in [-0.3, -0.25) is 4.79 Å². The Bertz CT molecular complexity index is 467. The van der Waals surface area contributed by atoms with E-state index in [4.69, 9.17) is 0 Å². The van der Waals surface area contributed by atoms with Crippen molar-refractivity contribution in [1.82, 2.24) is 10.6 Å². The molecule has 0 radical (unpaired) electrons. The van der Waals surface area contributed by atoms with Crippen LogP contribution in [0.5, 0.6) is 0 Å². The first-order valence-electron chi connectivity index (χ1n) is 7.06. The lowest BCUT2D eigenvalue weighted by molar-refractivity contribution is -0.120. The molecule has 0 bridgehead atoms. The maximum atomic E-state index is 13.1. The van der Waals surface area contributed by atoms with Gasteiger partial charge in [0.2, 0.25) is 5.91 Å². The second-order valence-electron chi connectivity index (χ2n) is 5.28. The molecule has 1 amide bonds. The monoisotopic (exact) mass is 378 g/mol. The zero-order valence-electron chi connectivity index (χ0n) is 11.8. The Balaban J connectivity index is 0.00000220. The average Bonchev–Trinajstić information content (AvgIpc) is 2.44. The molecule has 3 nitrogen and oxygen atoms in total. The summed E-state index contributed by atoms with van der Waals surface area (Å²) in [5.74, 6) is 0.357. The van der Waals surface area contributed by atoms with Crippen molar-refractivity contribution in [3.63, 3.8) is 0 Å². The molecule has 1 aromatic rings. The fourth-order valence-electron chi connectivity index (χ4n) is 2.48. The van der Waals surface area contributed by atoms with E-state index >= 15 is 0 Å². The zero-order valence-corrected chi connectivity index (χ0v) is 14.2. The third kappa shape index (κ3) is 6.32. The number of benzene rings is 1. The summed E-state index contributed by atoms with van der Waals surface area (Å²) in [6.45, 7) is 2.89. The lowest BCUT2D eigenvalue weighted by Gasteiger charge is -2.22. The van der Waals surface area contributed by atoms with Crippen LogP contribution in [0.3, 0.4) is 0 Å². The minimum atomic E-state index is -0.307. The molecule has 118 valence electrons. The number of rotatable bonds is 5. The molecule has 0 aliphatic carbocycles. The van der Waals surface area contributed by atoms with Crippen LogP contribution in [0.2, 0.25) is 0 Å². The Morgan fingerprint density at radius 3 is 2.95 bits per heavy atom. The minimum absolute atomic E-state index is 0. The SMILES string of the molecule is Cl.O=C(Cc1ccc(F)c(Br)c1)NCCC1CCCNC1. The predicted octanol–water partition coefficient (Wildman–Crippen LogP) is 3.06. The van der Waals surface area contributed by atoms with Gasteiger partial charge in [-0.25, -0.2) is 4.39 Å². The van der Waals surface area contributed by atoms with Crippen LogP contribution in [0, 0.1) is 11.7 Å². The van der Waals surface area contributed by atoms with Gasteiger partial charge in [-0.2, -0.15) is 0 Å². The molecular formula is C15H21BrClFN2O. The Hall–Kier alpha value is -0.650. The topological polar surface area (TPSA) is 41.1 Å². The molecule has 21 heavy (non-hydrogen) atoms. The third-order valence-electron chi connectivity index (χ3n) is 3.62. The molecular weight excluding hydrogens is 359 g/mol. The van der Waals surface area contributed by atoms with Gasteiger partial charge in [-0.05, 0) is 71.9 Å². The van der Waals surface area contributed by atoms with E-state index in [9.17, 15) is 9.18 Å². The first kappa shape index (κ1) is 18.4. The average molecular weight is 380 g/mol. The van der Waals surface area contributed by atoms with Gasteiger partial charge in [-0.15, -0.1) is 12.4 Å². The molecule has 2 N–H and O–H groups in total. The number of nitrogens with one attached hydrogen (secondary N) is 2. The Kier molecular flexibility index (Phi) is 8.22. The second-order valence-corrected chi connectivity index (χ2v) is 6.13. The highest BCUT2D eigenvalue weighted by atomic mass is 79.9. The highest BCUT2D eigenvalue weighted by Gasteiger charge is 2.13. The number of halogens is 3. The van der Waals surface area contributed by atoms with E-state index in [1.54, 1.807) is 12.1 Å². The largest absolute Gasteiger partial charge is 0.356 e. The fourth-order valence-corrected chi connectivity index (χ4v) is 2.91. The number of carbonyl (C=O) groups is 1. The van der Waals surface area contributed by atoms with Crippen LogP contribution in [0.25, 0.3) is 0 Å². The second kappa shape index (κ2) is 9.38. The molecule has 2 rings (SSSR count). The number of hydrogen-bond donors (Lipinski definition) is 2. The van der Waals surface area contributed by atoms with Crippen molar-refractivity contribution >= 4 is 34.2 Å².